The van der Waals surface area contributed by atoms with E-state index in [4.69, 9.17) is 0 Å². The van der Waals surface area contributed by atoms with Crippen LogP contribution in [-0.2, 0) is 4.79 Å². The van der Waals surface area contributed by atoms with E-state index in [1.807, 2.05) is 6.08 Å². The summed E-state index contributed by atoms with van der Waals surface area (Å²) in [4.78, 5) is 12.5. The summed E-state index contributed by atoms with van der Waals surface area (Å²) >= 11 is 0. The van der Waals surface area contributed by atoms with Gasteiger partial charge in [-0.15, -0.1) is 0 Å². The van der Waals surface area contributed by atoms with Crippen molar-refractivity contribution in [1.82, 2.24) is 5.32 Å². The minimum absolute atomic E-state index is 0.00164. The first-order chi connectivity index (χ1) is 32.5. The van der Waals surface area contributed by atoms with E-state index in [2.05, 4.69) is 55.6 Å². The molecule has 0 spiro atoms. The van der Waals surface area contributed by atoms with E-state index in [0.717, 1.165) is 38.5 Å². The molecule has 0 bridgehead atoms. The zero-order chi connectivity index (χ0) is 47.9. The van der Waals surface area contributed by atoms with Crippen LogP contribution in [0.2, 0.25) is 0 Å². The lowest BCUT2D eigenvalue weighted by molar-refractivity contribution is -0.124. The maximum absolute atomic E-state index is 12.5. The van der Waals surface area contributed by atoms with Gasteiger partial charge in [0.1, 0.15) is 0 Å². The topological polar surface area (TPSA) is 89.8 Å². The molecule has 0 aliphatic heterocycles. The van der Waals surface area contributed by atoms with E-state index < -0.39 is 18.2 Å². The van der Waals surface area contributed by atoms with Crippen LogP contribution in [0.3, 0.4) is 0 Å². The molecule has 4 N–H and O–H groups in total. The molecule has 0 rings (SSSR count). The van der Waals surface area contributed by atoms with E-state index in [0.29, 0.717) is 6.42 Å². The third-order valence-corrected chi connectivity index (χ3v) is 13.6. The molecule has 1 amide bonds. The third-order valence-electron chi connectivity index (χ3n) is 13.6. The monoisotopic (exact) mass is 926 g/mol. The number of carbonyl (C=O) groups is 1. The number of amides is 1. The number of hydrogen-bond acceptors (Lipinski definition) is 4. The number of allylic oxidation sites excluding steroid dienone is 7. The zero-order valence-corrected chi connectivity index (χ0v) is 44.3. The molecule has 0 aromatic heterocycles. The summed E-state index contributed by atoms with van der Waals surface area (Å²) < 4.78 is 0. The Kier molecular flexibility index (Phi) is 54.5. The van der Waals surface area contributed by atoms with Crippen molar-refractivity contribution in [2.75, 3.05) is 6.61 Å². The van der Waals surface area contributed by atoms with Crippen molar-refractivity contribution in [3.8, 4) is 0 Å². The Morgan fingerprint density at radius 2 is 0.652 bits per heavy atom. The Morgan fingerprint density at radius 1 is 0.379 bits per heavy atom. The lowest BCUT2D eigenvalue weighted by atomic mass is 10.0. The molecule has 388 valence electrons. The Bertz CT molecular complexity index is 1070. The van der Waals surface area contributed by atoms with E-state index in [1.165, 1.54) is 244 Å². The fraction of sp³-hybridized carbons (Fsp3) is 0.852. The second kappa shape index (κ2) is 55.9. The van der Waals surface area contributed by atoms with Gasteiger partial charge >= 0.3 is 0 Å². The largest absolute Gasteiger partial charge is 0.394 e. The van der Waals surface area contributed by atoms with Crippen LogP contribution in [0.25, 0.3) is 0 Å². The van der Waals surface area contributed by atoms with Gasteiger partial charge in [0.2, 0.25) is 5.91 Å². The zero-order valence-electron chi connectivity index (χ0n) is 44.3. The summed E-state index contributed by atoms with van der Waals surface area (Å²) in [5.74, 6) is -0.327. The number of carbonyl (C=O) groups excluding carboxylic acids is 1. The van der Waals surface area contributed by atoms with Crippen molar-refractivity contribution in [3.05, 3.63) is 48.6 Å². The van der Waals surface area contributed by atoms with Crippen LogP contribution < -0.4 is 5.32 Å². The van der Waals surface area contributed by atoms with Crippen molar-refractivity contribution in [1.29, 1.82) is 0 Å². The van der Waals surface area contributed by atoms with E-state index in [1.54, 1.807) is 6.08 Å². The quantitative estimate of drug-likeness (QED) is 0.0361. The van der Waals surface area contributed by atoms with Crippen molar-refractivity contribution < 1.29 is 20.1 Å². The molecule has 0 aromatic carbocycles. The van der Waals surface area contributed by atoms with Gasteiger partial charge in [0.25, 0.3) is 0 Å². The average Bonchev–Trinajstić information content (AvgIpc) is 3.31. The first-order valence-corrected chi connectivity index (χ1v) is 29.4. The van der Waals surface area contributed by atoms with E-state index in [9.17, 15) is 20.1 Å². The van der Waals surface area contributed by atoms with Crippen LogP contribution in [0.5, 0.6) is 0 Å². The molecular weight excluding hydrogens is 811 g/mol. The molecule has 0 radical (unpaired) electrons. The molecule has 0 saturated heterocycles. The highest BCUT2D eigenvalue weighted by Gasteiger charge is 2.20. The number of nitrogens with one attached hydrogen (secondary N) is 1. The van der Waals surface area contributed by atoms with Crippen molar-refractivity contribution in [3.63, 3.8) is 0 Å². The lowest BCUT2D eigenvalue weighted by Crippen LogP contribution is -2.45. The number of aliphatic hydroxyl groups is 3. The minimum atomic E-state index is -0.962. The Balaban J connectivity index is 3.62. The molecular formula is C61H115NO4. The molecule has 0 fully saturated rings. The molecule has 5 nitrogen and oxygen atoms in total. The van der Waals surface area contributed by atoms with Gasteiger partial charge < -0.3 is 20.6 Å². The van der Waals surface area contributed by atoms with Gasteiger partial charge in [-0.3, -0.25) is 4.79 Å². The van der Waals surface area contributed by atoms with Crippen molar-refractivity contribution >= 4 is 5.91 Å². The van der Waals surface area contributed by atoms with Gasteiger partial charge in [-0.2, -0.15) is 0 Å². The summed E-state index contributed by atoms with van der Waals surface area (Å²) in [7, 11) is 0. The van der Waals surface area contributed by atoms with E-state index in [-0.39, 0.29) is 18.9 Å². The van der Waals surface area contributed by atoms with Crippen LogP contribution in [0, 0.1) is 0 Å². The molecule has 3 unspecified atom stereocenters. The summed E-state index contributed by atoms with van der Waals surface area (Å²) in [6, 6.07) is -0.770. The normalized spacial score (nSPS) is 13.6. The molecule has 0 aliphatic carbocycles. The molecule has 3 atom stereocenters. The number of aliphatic hydroxyl groups excluding tert-OH is 3. The Labute approximate surface area is 412 Å². The van der Waals surface area contributed by atoms with Crippen molar-refractivity contribution in [2.24, 2.45) is 0 Å². The summed E-state index contributed by atoms with van der Waals surface area (Å²) in [5.41, 5.74) is 0. The molecule has 66 heavy (non-hydrogen) atoms. The van der Waals surface area contributed by atoms with Gasteiger partial charge in [-0.05, 0) is 70.6 Å². The van der Waals surface area contributed by atoms with Gasteiger partial charge in [0.15, 0.2) is 0 Å². The SMILES string of the molecule is CCCCCCCCCCCCCC/C=C\CCCCCCCCCCCCC(O)CC(=O)NC(CO)C(O)/C=C/CC/C=C/CC/C=C/CCCCCCCCCCCCCCCCC. The van der Waals surface area contributed by atoms with Gasteiger partial charge in [0, 0.05) is 0 Å². The maximum Gasteiger partial charge on any atom is 0.222 e. The van der Waals surface area contributed by atoms with Crippen LogP contribution >= 0.6 is 0 Å². The number of unbranched alkanes of at least 4 members (excludes halogenated alkanes) is 39. The molecule has 0 aliphatic rings. The second-order valence-electron chi connectivity index (χ2n) is 20.2. The summed E-state index contributed by atoms with van der Waals surface area (Å²) in [6.45, 7) is 4.23. The van der Waals surface area contributed by atoms with Crippen LogP contribution in [-0.4, -0.2) is 46.1 Å². The Morgan fingerprint density at radius 3 is 0.970 bits per heavy atom. The predicted molar refractivity (Wildman–Crippen MR) is 291 cm³/mol. The van der Waals surface area contributed by atoms with Crippen LogP contribution in [0.15, 0.2) is 48.6 Å². The molecule has 5 heteroatoms. The highest BCUT2D eigenvalue weighted by molar-refractivity contribution is 5.76. The summed E-state index contributed by atoms with van der Waals surface area (Å²) in [5, 5.41) is 33.5. The number of rotatable bonds is 54. The van der Waals surface area contributed by atoms with Gasteiger partial charge in [-0.25, -0.2) is 0 Å². The Hall–Kier alpha value is -1.69. The molecule has 0 aromatic rings. The standard InChI is InChI=1S/C61H115NO4/c1-3-5-7-9-11-13-15-17-19-21-23-25-27-29-31-32-34-36-38-40-42-44-46-48-50-52-54-58(64)56-61(66)62-59(57-63)60(65)55-53-51-49-47-45-43-41-39-37-35-33-30-28-26-24-22-20-18-16-14-12-10-8-6-4-2/h29,31,37,39,45,47,53,55,58-60,63-65H,3-28,30,32-36,38,40-44,46,48-52,54,56-57H2,1-2H3,(H,62,66)/b31-29-,39-37+,47-45+,55-53+. The fourth-order valence-electron chi connectivity index (χ4n) is 9.08. The van der Waals surface area contributed by atoms with Gasteiger partial charge in [-0.1, -0.05) is 281 Å². The first-order valence-electron chi connectivity index (χ1n) is 29.4. The second-order valence-corrected chi connectivity index (χ2v) is 20.2. The average molecular weight is 927 g/mol. The van der Waals surface area contributed by atoms with Crippen LogP contribution in [0.4, 0.5) is 0 Å². The molecule has 0 saturated carbocycles. The minimum Gasteiger partial charge on any atom is -0.394 e. The number of hydrogen-bond donors (Lipinski definition) is 4. The maximum atomic E-state index is 12.5. The highest BCUT2D eigenvalue weighted by atomic mass is 16.3. The first kappa shape index (κ1) is 64.3. The smallest absolute Gasteiger partial charge is 0.222 e. The highest BCUT2D eigenvalue weighted by Crippen LogP contribution is 2.17. The lowest BCUT2D eigenvalue weighted by Gasteiger charge is -2.21. The predicted octanol–water partition coefficient (Wildman–Crippen LogP) is 18.4. The third kappa shape index (κ3) is 51.7. The van der Waals surface area contributed by atoms with Gasteiger partial charge in [0.05, 0.1) is 31.3 Å². The fourth-order valence-corrected chi connectivity index (χ4v) is 9.08. The van der Waals surface area contributed by atoms with E-state index >= 15 is 0 Å². The molecule has 0 heterocycles. The van der Waals surface area contributed by atoms with Crippen LogP contribution in [0.1, 0.15) is 309 Å². The van der Waals surface area contributed by atoms with Crippen molar-refractivity contribution in [2.45, 2.75) is 327 Å². The summed E-state index contributed by atoms with van der Waals surface area (Å²) in [6.07, 6.45) is 74.5.